The lowest BCUT2D eigenvalue weighted by atomic mass is 10.1. The first-order valence-electron chi connectivity index (χ1n) is 6.74. The third-order valence-corrected chi connectivity index (χ3v) is 5.74. The second-order valence-electron chi connectivity index (χ2n) is 5.14. The van der Waals surface area contributed by atoms with Gasteiger partial charge in [-0.25, -0.2) is 8.42 Å². The van der Waals surface area contributed by atoms with E-state index in [1.807, 2.05) is 12.1 Å². The minimum absolute atomic E-state index is 0.107. The number of hydrogen-bond acceptors (Lipinski definition) is 4. The molecule has 1 saturated heterocycles. The van der Waals surface area contributed by atoms with Gasteiger partial charge in [-0.2, -0.15) is 9.57 Å². The number of hydrogen-bond donors (Lipinski definition) is 0. The van der Waals surface area contributed by atoms with Crippen LogP contribution in [0.3, 0.4) is 0 Å². The van der Waals surface area contributed by atoms with Crippen LogP contribution in [0.15, 0.2) is 23.1 Å². The summed E-state index contributed by atoms with van der Waals surface area (Å²) >= 11 is 0. The first kappa shape index (κ1) is 13.6. The number of benzene rings is 1. The van der Waals surface area contributed by atoms with Gasteiger partial charge >= 0.3 is 0 Å². The highest BCUT2D eigenvalue weighted by Crippen LogP contribution is 2.26. The molecule has 1 unspecified atom stereocenters. The largest absolute Gasteiger partial charge is 0.361 e. The summed E-state index contributed by atoms with van der Waals surface area (Å²) in [5.41, 5.74) is 2.39. The molecule has 0 aromatic heterocycles. The Bertz CT molecular complexity index is 663. The van der Waals surface area contributed by atoms with Crippen LogP contribution in [0.1, 0.15) is 17.5 Å². The van der Waals surface area contributed by atoms with Crippen molar-refractivity contribution in [2.75, 3.05) is 19.7 Å². The van der Waals surface area contributed by atoms with Crippen LogP contribution < -0.4 is 0 Å². The normalized spacial score (nSPS) is 23.2. The molecule has 6 heteroatoms. The van der Waals surface area contributed by atoms with Crippen molar-refractivity contribution in [2.45, 2.75) is 30.3 Å². The molecule has 0 amide bonds. The Hall–Kier alpha value is -1.42. The van der Waals surface area contributed by atoms with Crippen LogP contribution in [0.2, 0.25) is 0 Å². The van der Waals surface area contributed by atoms with Gasteiger partial charge in [-0.05, 0) is 42.5 Å². The summed E-state index contributed by atoms with van der Waals surface area (Å²) in [7, 11) is -3.52. The molecule has 106 valence electrons. The zero-order chi connectivity index (χ0) is 14.2. The van der Waals surface area contributed by atoms with E-state index in [9.17, 15) is 8.42 Å². The van der Waals surface area contributed by atoms with Gasteiger partial charge in [-0.3, -0.25) is 0 Å². The summed E-state index contributed by atoms with van der Waals surface area (Å²) in [6.07, 6.45) is 2.40. The molecule has 0 N–H and O–H groups in total. The fraction of sp³-hybridized carbons (Fsp3) is 0.500. The minimum Gasteiger partial charge on any atom is -0.361 e. The Morgan fingerprint density at radius 2 is 2.10 bits per heavy atom. The first-order chi connectivity index (χ1) is 9.61. The average molecular weight is 292 g/mol. The van der Waals surface area contributed by atoms with Crippen molar-refractivity contribution in [1.29, 1.82) is 5.26 Å². The van der Waals surface area contributed by atoms with Gasteiger partial charge in [0.25, 0.3) is 0 Å². The number of nitriles is 1. The molecule has 0 bridgehead atoms. The summed E-state index contributed by atoms with van der Waals surface area (Å²) in [6, 6.07) is 7.35. The number of rotatable bonds is 2. The van der Waals surface area contributed by atoms with Gasteiger partial charge in [0.2, 0.25) is 10.0 Å². The summed E-state index contributed by atoms with van der Waals surface area (Å²) in [4.78, 5) is 0.330. The van der Waals surface area contributed by atoms with E-state index in [0.29, 0.717) is 11.4 Å². The zero-order valence-electron chi connectivity index (χ0n) is 11.1. The highest BCUT2D eigenvalue weighted by Gasteiger charge is 2.31. The summed E-state index contributed by atoms with van der Waals surface area (Å²) < 4.78 is 31.8. The Kier molecular flexibility index (Phi) is 3.50. The summed E-state index contributed by atoms with van der Waals surface area (Å²) in [6.45, 7) is 0.677. The van der Waals surface area contributed by atoms with Crippen LogP contribution in [-0.4, -0.2) is 38.5 Å². The smallest absolute Gasteiger partial charge is 0.243 e. The van der Waals surface area contributed by atoms with Crippen molar-refractivity contribution in [1.82, 2.24) is 4.31 Å². The lowest BCUT2D eigenvalue weighted by Crippen LogP contribution is -2.45. The third kappa shape index (κ3) is 2.33. The minimum atomic E-state index is -3.52. The predicted octanol–water partition coefficient (Wildman–Crippen LogP) is 1.09. The van der Waals surface area contributed by atoms with Gasteiger partial charge in [0.05, 0.1) is 24.1 Å². The van der Waals surface area contributed by atoms with Gasteiger partial charge < -0.3 is 4.74 Å². The molecular formula is C14H16N2O3S. The quantitative estimate of drug-likeness (QED) is 0.818. The standard InChI is InChI=1S/C14H16N2O3S/c15-9-13-10-16(6-7-19-13)20(17,18)14-5-4-11-2-1-3-12(11)8-14/h4-5,8,13H,1-3,6-7,10H2. The van der Waals surface area contributed by atoms with E-state index in [4.69, 9.17) is 10.00 Å². The van der Waals surface area contributed by atoms with Crippen LogP contribution in [-0.2, 0) is 27.6 Å². The van der Waals surface area contributed by atoms with Crippen LogP contribution in [0, 0.1) is 11.3 Å². The molecular weight excluding hydrogens is 276 g/mol. The molecule has 0 saturated carbocycles. The van der Waals surface area contributed by atoms with Crippen LogP contribution in [0.5, 0.6) is 0 Å². The molecule has 1 aliphatic carbocycles. The molecule has 1 aromatic carbocycles. The Balaban J connectivity index is 1.90. The van der Waals surface area contributed by atoms with Gasteiger partial charge in [0.1, 0.15) is 0 Å². The van der Waals surface area contributed by atoms with Gasteiger partial charge in [-0.15, -0.1) is 0 Å². The summed E-state index contributed by atoms with van der Waals surface area (Å²) in [5, 5.41) is 8.88. The lowest BCUT2D eigenvalue weighted by molar-refractivity contribution is 0.0311. The van der Waals surface area contributed by atoms with E-state index in [-0.39, 0.29) is 13.2 Å². The van der Waals surface area contributed by atoms with Gasteiger partial charge in [-0.1, -0.05) is 6.07 Å². The summed E-state index contributed by atoms with van der Waals surface area (Å²) in [5.74, 6) is 0. The van der Waals surface area contributed by atoms with E-state index >= 15 is 0 Å². The third-order valence-electron chi connectivity index (χ3n) is 3.88. The van der Waals surface area contributed by atoms with E-state index in [0.717, 1.165) is 24.8 Å². The number of fused-ring (bicyclic) bond motifs is 1. The fourth-order valence-corrected chi connectivity index (χ4v) is 4.26. The molecule has 20 heavy (non-hydrogen) atoms. The Morgan fingerprint density at radius 1 is 1.30 bits per heavy atom. The number of nitrogens with zero attached hydrogens (tertiary/aromatic N) is 2. The Morgan fingerprint density at radius 3 is 2.90 bits per heavy atom. The molecule has 0 radical (unpaired) electrons. The molecule has 0 spiro atoms. The highest BCUT2D eigenvalue weighted by molar-refractivity contribution is 7.89. The highest BCUT2D eigenvalue weighted by atomic mass is 32.2. The molecule has 1 fully saturated rings. The first-order valence-corrected chi connectivity index (χ1v) is 8.18. The lowest BCUT2D eigenvalue weighted by Gasteiger charge is -2.29. The number of ether oxygens (including phenoxy) is 1. The second kappa shape index (κ2) is 5.17. The zero-order valence-corrected chi connectivity index (χ0v) is 11.9. The van der Waals surface area contributed by atoms with Crippen molar-refractivity contribution in [3.63, 3.8) is 0 Å². The Labute approximate surface area is 118 Å². The molecule has 1 aromatic rings. The van der Waals surface area contributed by atoms with E-state index < -0.39 is 16.1 Å². The monoisotopic (exact) mass is 292 g/mol. The fourth-order valence-electron chi connectivity index (χ4n) is 2.78. The van der Waals surface area contributed by atoms with Crippen LogP contribution in [0.25, 0.3) is 0 Å². The van der Waals surface area contributed by atoms with Crippen LogP contribution >= 0.6 is 0 Å². The van der Waals surface area contributed by atoms with Crippen molar-refractivity contribution < 1.29 is 13.2 Å². The number of aryl methyl sites for hydroxylation is 2. The van der Waals surface area contributed by atoms with E-state index in [2.05, 4.69) is 0 Å². The molecule has 3 rings (SSSR count). The van der Waals surface area contributed by atoms with Crippen molar-refractivity contribution in [3.05, 3.63) is 29.3 Å². The van der Waals surface area contributed by atoms with Crippen molar-refractivity contribution in [2.24, 2.45) is 0 Å². The van der Waals surface area contributed by atoms with Gasteiger partial charge in [0.15, 0.2) is 6.10 Å². The number of morpholine rings is 1. The van der Waals surface area contributed by atoms with Crippen molar-refractivity contribution in [3.8, 4) is 6.07 Å². The maximum atomic E-state index is 12.6. The molecule has 1 aliphatic heterocycles. The van der Waals surface area contributed by atoms with Crippen molar-refractivity contribution >= 4 is 10.0 Å². The predicted molar refractivity (Wildman–Crippen MR) is 72.6 cm³/mol. The maximum absolute atomic E-state index is 12.6. The van der Waals surface area contributed by atoms with E-state index in [1.165, 1.54) is 9.87 Å². The maximum Gasteiger partial charge on any atom is 0.243 e. The molecule has 5 nitrogen and oxygen atoms in total. The SMILES string of the molecule is N#CC1CN(S(=O)(=O)c2ccc3c(c2)CCC3)CCO1. The van der Waals surface area contributed by atoms with Gasteiger partial charge in [0, 0.05) is 6.54 Å². The van der Waals surface area contributed by atoms with E-state index in [1.54, 1.807) is 12.1 Å². The number of sulfonamides is 1. The molecule has 2 aliphatic rings. The molecule has 1 atom stereocenters. The molecule has 1 heterocycles. The topological polar surface area (TPSA) is 70.4 Å². The average Bonchev–Trinajstić information content (AvgIpc) is 2.94. The second-order valence-corrected chi connectivity index (χ2v) is 7.07. The van der Waals surface area contributed by atoms with Crippen LogP contribution in [0.4, 0.5) is 0 Å².